The van der Waals surface area contributed by atoms with E-state index >= 15 is 0 Å². The maximum atomic E-state index is 13.0. The number of para-hydroxylation sites is 1. The summed E-state index contributed by atoms with van der Waals surface area (Å²) >= 11 is 0. The van der Waals surface area contributed by atoms with Gasteiger partial charge in [0, 0.05) is 11.1 Å². The molecule has 0 unspecified atom stereocenters. The molecular weight excluding hydrogens is 416 g/mol. The molecule has 7 heteroatoms. The van der Waals surface area contributed by atoms with E-state index in [-0.39, 0.29) is 16.7 Å². The number of imide groups is 1. The van der Waals surface area contributed by atoms with Crippen molar-refractivity contribution in [3.63, 3.8) is 0 Å². The van der Waals surface area contributed by atoms with E-state index < -0.39 is 17.7 Å². The highest BCUT2D eigenvalue weighted by Gasteiger charge is 2.37. The maximum Gasteiger partial charge on any atom is 0.266 e. The van der Waals surface area contributed by atoms with Crippen molar-refractivity contribution < 1.29 is 14.4 Å². The topological polar surface area (TPSA) is 92.3 Å². The van der Waals surface area contributed by atoms with Crippen LogP contribution in [0.4, 0.5) is 11.4 Å². The highest BCUT2D eigenvalue weighted by atomic mass is 16.2. The molecule has 0 spiro atoms. The molecule has 5 rings (SSSR count). The summed E-state index contributed by atoms with van der Waals surface area (Å²) in [5.74, 6) is -0.731. The zero-order valence-corrected chi connectivity index (χ0v) is 17.6. The third-order valence-corrected chi connectivity index (χ3v) is 5.45. The second-order valence-electron chi connectivity index (χ2n) is 7.61. The number of nitrogens with zero attached hydrogens (tertiary/aromatic N) is 3. The minimum Gasteiger partial charge on any atom is -0.319 e. The molecule has 3 aromatic carbocycles. The van der Waals surface area contributed by atoms with Gasteiger partial charge in [-0.25, -0.2) is 14.9 Å². The first-order valence-electron chi connectivity index (χ1n) is 10.3. The average molecular weight is 434 g/mol. The first-order valence-corrected chi connectivity index (χ1v) is 10.3. The fourth-order valence-corrected chi connectivity index (χ4v) is 3.75. The molecule has 4 aromatic rings. The fourth-order valence-electron chi connectivity index (χ4n) is 3.75. The van der Waals surface area contributed by atoms with Gasteiger partial charge in [-0.05, 0) is 36.8 Å². The third kappa shape index (κ3) is 3.65. The van der Waals surface area contributed by atoms with Crippen LogP contribution in [0.1, 0.15) is 36.6 Å². The van der Waals surface area contributed by atoms with Gasteiger partial charge in [0.25, 0.3) is 17.7 Å². The molecule has 0 fully saturated rings. The number of anilines is 2. The number of nitrogens with one attached hydrogen (secondary N) is 1. The van der Waals surface area contributed by atoms with Crippen LogP contribution in [0.25, 0.3) is 11.4 Å². The standard InChI is InChI=1S/C26H18N4O3/c1-16-7-5-6-10-22(16)30-25(32)20-12-11-18(13-21(20)26(30)33)24(31)29-19-14-27-23(28-15-19)17-8-3-2-4-9-17/h2-15H,1H3,(H,29,31). The lowest BCUT2D eigenvalue weighted by molar-refractivity contribution is 0.0925. The second kappa shape index (κ2) is 8.12. The van der Waals surface area contributed by atoms with Gasteiger partial charge in [-0.3, -0.25) is 14.4 Å². The SMILES string of the molecule is Cc1ccccc1N1C(=O)c2ccc(C(=O)Nc3cnc(-c4ccccc4)nc3)cc2C1=O. The lowest BCUT2D eigenvalue weighted by Crippen LogP contribution is -2.29. The van der Waals surface area contributed by atoms with Gasteiger partial charge >= 0.3 is 0 Å². The monoisotopic (exact) mass is 434 g/mol. The number of hydrogen-bond acceptors (Lipinski definition) is 5. The number of carbonyl (C=O) groups is 3. The van der Waals surface area contributed by atoms with Crippen molar-refractivity contribution in [1.82, 2.24) is 9.97 Å². The van der Waals surface area contributed by atoms with E-state index in [0.717, 1.165) is 16.0 Å². The molecule has 0 radical (unpaired) electrons. The first kappa shape index (κ1) is 20.3. The van der Waals surface area contributed by atoms with Crippen LogP contribution in [0.5, 0.6) is 0 Å². The van der Waals surface area contributed by atoms with Gasteiger partial charge < -0.3 is 5.32 Å². The molecule has 0 bridgehead atoms. The number of aryl methyl sites for hydroxylation is 1. The van der Waals surface area contributed by atoms with Crippen LogP contribution >= 0.6 is 0 Å². The van der Waals surface area contributed by atoms with Crippen LogP contribution in [0.3, 0.4) is 0 Å². The summed E-state index contributed by atoms with van der Waals surface area (Å²) in [6.45, 7) is 1.84. The summed E-state index contributed by atoms with van der Waals surface area (Å²) in [6, 6.07) is 21.2. The number of carbonyl (C=O) groups excluding carboxylic acids is 3. The number of amides is 3. The van der Waals surface area contributed by atoms with E-state index in [1.54, 1.807) is 12.1 Å². The molecular formula is C26H18N4O3. The smallest absolute Gasteiger partial charge is 0.266 e. The number of hydrogen-bond donors (Lipinski definition) is 1. The predicted molar refractivity (Wildman–Crippen MR) is 124 cm³/mol. The summed E-state index contributed by atoms with van der Waals surface area (Å²) in [7, 11) is 0. The lowest BCUT2D eigenvalue weighted by Gasteiger charge is -2.16. The van der Waals surface area contributed by atoms with Crippen LogP contribution in [0.2, 0.25) is 0 Å². The van der Waals surface area contributed by atoms with E-state index in [2.05, 4.69) is 15.3 Å². The summed E-state index contributed by atoms with van der Waals surface area (Å²) in [5, 5.41) is 2.73. The Morgan fingerprint density at radius 3 is 2.21 bits per heavy atom. The number of fused-ring (bicyclic) bond motifs is 1. The summed E-state index contributed by atoms with van der Waals surface area (Å²) < 4.78 is 0. The molecule has 1 aromatic heterocycles. The Kier molecular flexibility index (Phi) is 4.99. The molecule has 0 saturated heterocycles. The van der Waals surface area contributed by atoms with Crippen molar-refractivity contribution in [2.75, 3.05) is 10.2 Å². The van der Waals surface area contributed by atoms with Crippen molar-refractivity contribution in [2.45, 2.75) is 6.92 Å². The van der Waals surface area contributed by atoms with Crippen molar-refractivity contribution in [3.05, 3.63) is 107 Å². The largest absolute Gasteiger partial charge is 0.319 e. The molecule has 7 nitrogen and oxygen atoms in total. The van der Waals surface area contributed by atoms with Crippen LogP contribution in [-0.4, -0.2) is 27.7 Å². The molecule has 1 aliphatic rings. The average Bonchev–Trinajstić information content (AvgIpc) is 3.10. The Labute approximate surface area is 189 Å². The minimum atomic E-state index is -0.450. The summed E-state index contributed by atoms with van der Waals surface area (Å²) in [6.07, 6.45) is 3.05. The van der Waals surface area contributed by atoms with E-state index in [0.29, 0.717) is 17.2 Å². The van der Waals surface area contributed by atoms with Crippen molar-refractivity contribution in [3.8, 4) is 11.4 Å². The predicted octanol–water partition coefficient (Wildman–Crippen LogP) is 4.50. The van der Waals surface area contributed by atoms with Gasteiger partial charge in [0.1, 0.15) is 0 Å². The van der Waals surface area contributed by atoms with Crippen molar-refractivity contribution in [2.24, 2.45) is 0 Å². The normalized spacial score (nSPS) is 12.6. The Morgan fingerprint density at radius 2 is 1.48 bits per heavy atom. The molecule has 33 heavy (non-hydrogen) atoms. The summed E-state index contributed by atoms with van der Waals surface area (Å²) in [4.78, 5) is 48.4. The zero-order chi connectivity index (χ0) is 22.9. The van der Waals surface area contributed by atoms with E-state index in [1.165, 1.54) is 30.6 Å². The van der Waals surface area contributed by atoms with Gasteiger partial charge in [0.05, 0.1) is 34.9 Å². The molecule has 3 amide bonds. The molecule has 1 N–H and O–H groups in total. The molecule has 2 heterocycles. The zero-order valence-electron chi connectivity index (χ0n) is 17.6. The molecule has 0 atom stereocenters. The highest BCUT2D eigenvalue weighted by molar-refractivity contribution is 6.35. The molecule has 0 aliphatic carbocycles. The Bertz CT molecular complexity index is 1400. The van der Waals surface area contributed by atoms with E-state index in [1.807, 2.05) is 49.4 Å². The Balaban J connectivity index is 1.37. The number of benzene rings is 3. The van der Waals surface area contributed by atoms with Gasteiger partial charge in [-0.2, -0.15) is 0 Å². The molecule has 0 saturated carbocycles. The van der Waals surface area contributed by atoms with Crippen molar-refractivity contribution in [1.29, 1.82) is 0 Å². The Morgan fingerprint density at radius 1 is 0.818 bits per heavy atom. The van der Waals surface area contributed by atoms with Crippen LogP contribution in [0, 0.1) is 6.92 Å². The number of aromatic nitrogens is 2. The van der Waals surface area contributed by atoms with E-state index in [4.69, 9.17) is 0 Å². The van der Waals surface area contributed by atoms with Gasteiger partial charge in [-0.1, -0.05) is 48.5 Å². The van der Waals surface area contributed by atoms with Crippen LogP contribution in [-0.2, 0) is 0 Å². The first-order chi connectivity index (χ1) is 16.0. The molecule has 1 aliphatic heterocycles. The summed E-state index contributed by atoms with van der Waals surface area (Å²) in [5.41, 5.74) is 3.37. The number of rotatable bonds is 4. The second-order valence-corrected chi connectivity index (χ2v) is 7.61. The lowest BCUT2D eigenvalue weighted by atomic mass is 10.1. The van der Waals surface area contributed by atoms with Crippen LogP contribution in [0.15, 0.2) is 85.2 Å². The van der Waals surface area contributed by atoms with Crippen LogP contribution < -0.4 is 10.2 Å². The van der Waals surface area contributed by atoms with Gasteiger partial charge in [0.2, 0.25) is 0 Å². The maximum absolute atomic E-state index is 13.0. The van der Waals surface area contributed by atoms with Crippen molar-refractivity contribution >= 4 is 29.1 Å². The van der Waals surface area contributed by atoms with E-state index in [9.17, 15) is 14.4 Å². The third-order valence-electron chi connectivity index (χ3n) is 5.45. The fraction of sp³-hybridized carbons (Fsp3) is 0.0385. The highest BCUT2D eigenvalue weighted by Crippen LogP contribution is 2.31. The Hall–Kier alpha value is -4.65. The molecule has 160 valence electrons. The van der Waals surface area contributed by atoms with Gasteiger partial charge in [-0.15, -0.1) is 0 Å². The van der Waals surface area contributed by atoms with Gasteiger partial charge in [0.15, 0.2) is 5.82 Å². The minimum absolute atomic E-state index is 0.201. The quantitative estimate of drug-likeness (QED) is 0.477.